The van der Waals surface area contributed by atoms with Crippen molar-refractivity contribution in [3.05, 3.63) is 64.4 Å². The van der Waals surface area contributed by atoms with Crippen LogP contribution in [0.4, 0.5) is 4.39 Å². The Bertz CT molecular complexity index is 1100. The van der Waals surface area contributed by atoms with Gasteiger partial charge in [-0.1, -0.05) is 11.6 Å². The van der Waals surface area contributed by atoms with Crippen LogP contribution in [0.15, 0.2) is 47.4 Å². The van der Waals surface area contributed by atoms with Crippen LogP contribution in [0.3, 0.4) is 0 Å². The first kappa shape index (κ1) is 24.1. The Labute approximate surface area is 191 Å². The zero-order chi connectivity index (χ0) is 23.5. The van der Waals surface area contributed by atoms with Crippen molar-refractivity contribution in [3.8, 4) is 0 Å². The summed E-state index contributed by atoms with van der Waals surface area (Å²) in [5.74, 6) is -2.36. The molecule has 0 unspecified atom stereocenters. The van der Waals surface area contributed by atoms with Crippen LogP contribution < -0.4 is 10.9 Å². The number of hydrazine groups is 1. The highest BCUT2D eigenvalue weighted by Gasteiger charge is 2.30. The van der Waals surface area contributed by atoms with E-state index in [0.29, 0.717) is 0 Å². The lowest BCUT2D eigenvalue weighted by atomic mass is 10.1. The molecule has 1 heterocycles. The van der Waals surface area contributed by atoms with E-state index in [4.69, 9.17) is 11.6 Å². The van der Waals surface area contributed by atoms with E-state index in [-0.39, 0.29) is 27.1 Å². The summed E-state index contributed by atoms with van der Waals surface area (Å²) < 4.78 is 41.1. The number of nitrogens with one attached hydrogen (secondary N) is 2. The van der Waals surface area contributed by atoms with Gasteiger partial charge in [-0.15, -0.1) is 0 Å². The Kier molecular flexibility index (Phi) is 7.50. The molecule has 3 rings (SSSR count). The van der Waals surface area contributed by atoms with Crippen molar-refractivity contribution in [1.29, 1.82) is 0 Å². The first-order chi connectivity index (χ1) is 15.1. The summed E-state index contributed by atoms with van der Waals surface area (Å²) in [5, 5.41) is 0.139. The molecule has 8 nitrogen and oxygen atoms in total. The van der Waals surface area contributed by atoms with Crippen LogP contribution in [0.1, 0.15) is 33.6 Å². The number of amides is 2. The highest BCUT2D eigenvalue weighted by molar-refractivity contribution is 7.89. The summed E-state index contributed by atoms with van der Waals surface area (Å²) in [6.45, 7) is 1.66. The SMILES string of the molecule is CN1CCC(N(C)S(=O)(=O)c2ccc(C(=O)NNC(=O)c3ccc(Cl)cc3F)cc2)CC1. The Morgan fingerprint density at radius 3 is 2.25 bits per heavy atom. The average Bonchev–Trinajstić information content (AvgIpc) is 2.77. The number of piperidine rings is 1. The minimum atomic E-state index is -3.71. The number of halogens is 2. The van der Waals surface area contributed by atoms with E-state index in [0.717, 1.165) is 32.0 Å². The maximum atomic E-state index is 13.8. The topological polar surface area (TPSA) is 98.8 Å². The Balaban J connectivity index is 1.63. The summed E-state index contributed by atoms with van der Waals surface area (Å²) in [6, 6.07) is 8.83. The number of carbonyl (C=O) groups excluding carboxylic acids is 2. The fourth-order valence-electron chi connectivity index (χ4n) is 3.43. The van der Waals surface area contributed by atoms with Crippen molar-refractivity contribution in [2.24, 2.45) is 0 Å². The lowest BCUT2D eigenvalue weighted by molar-refractivity contribution is 0.0844. The van der Waals surface area contributed by atoms with Gasteiger partial charge in [-0.2, -0.15) is 4.31 Å². The molecular formula is C21H24ClFN4O4S. The van der Waals surface area contributed by atoms with Gasteiger partial charge in [0.15, 0.2) is 0 Å². The molecule has 0 aromatic heterocycles. The van der Waals surface area contributed by atoms with Crippen molar-refractivity contribution in [2.45, 2.75) is 23.8 Å². The second-order valence-corrected chi connectivity index (χ2v) is 10.0. The summed E-state index contributed by atoms with van der Waals surface area (Å²) in [5.41, 5.74) is 4.13. The van der Waals surface area contributed by atoms with Gasteiger partial charge in [0.2, 0.25) is 10.0 Å². The minimum Gasteiger partial charge on any atom is -0.306 e. The number of hydrogen-bond acceptors (Lipinski definition) is 5. The Morgan fingerprint density at radius 1 is 1.06 bits per heavy atom. The van der Waals surface area contributed by atoms with Gasteiger partial charge >= 0.3 is 0 Å². The largest absolute Gasteiger partial charge is 0.306 e. The Morgan fingerprint density at radius 2 is 1.66 bits per heavy atom. The molecule has 0 spiro atoms. The van der Waals surface area contributed by atoms with Crippen LogP contribution >= 0.6 is 11.6 Å². The van der Waals surface area contributed by atoms with Gasteiger partial charge in [-0.3, -0.25) is 20.4 Å². The van der Waals surface area contributed by atoms with E-state index < -0.39 is 27.7 Å². The van der Waals surface area contributed by atoms with Gasteiger partial charge in [0.05, 0.1) is 10.5 Å². The Hall–Kier alpha value is -2.53. The second kappa shape index (κ2) is 9.95. The van der Waals surface area contributed by atoms with Gasteiger partial charge in [0, 0.05) is 23.7 Å². The van der Waals surface area contributed by atoms with E-state index >= 15 is 0 Å². The highest BCUT2D eigenvalue weighted by atomic mass is 35.5. The predicted molar refractivity (Wildman–Crippen MR) is 118 cm³/mol. The van der Waals surface area contributed by atoms with Crippen LogP contribution in [0.25, 0.3) is 0 Å². The van der Waals surface area contributed by atoms with Crippen molar-refractivity contribution in [1.82, 2.24) is 20.1 Å². The maximum Gasteiger partial charge on any atom is 0.272 e. The van der Waals surface area contributed by atoms with E-state index in [1.807, 2.05) is 7.05 Å². The van der Waals surface area contributed by atoms with Crippen molar-refractivity contribution in [2.75, 3.05) is 27.2 Å². The van der Waals surface area contributed by atoms with Gasteiger partial charge in [0.25, 0.3) is 11.8 Å². The van der Waals surface area contributed by atoms with Gasteiger partial charge in [-0.25, -0.2) is 12.8 Å². The molecule has 0 radical (unpaired) electrons. The molecule has 0 atom stereocenters. The van der Waals surface area contributed by atoms with Gasteiger partial charge in [0.1, 0.15) is 5.82 Å². The molecule has 1 fully saturated rings. The van der Waals surface area contributed by atoms with Crippen molar-refractivity contribution < 1.29 is 22.4 Å². The minimum absolute atomic E-state index is 0.0720. The highest BCUT2D eigenvalue weighted by Crippen LogP contribution is 2.22. The molecule has 2 N–H and O–H groups in total. The van der Waals surface area contributed by atoms with Crippen molar-refractivity contribution >= 4 is 33.4 Å². The van der Waals surface area contributed by atoms with Crippen LogP contribution in [0.5, 0.6) is 0 Å². The molecule has 11 heteroatoms. The van der Waals surface area contributed by atoms with E-state index in [2.05, 4.69) is 15.8 Å². The maximum absolute atomic E-state index is 13.8. The smallest absolute Gasteiger partial charge is 0.272 e. The molecule has 1 saturated heterocycles. The predicted octanol–water partition coefficient (Wildman–Crippen LogP) is 2.27. The number of benzene rings is 2. The third-order valence-electron chi connectivity index (χ3n) is 5.46. The molecule has 0 aliphatic carbocycles. The third-order valence-corrected chi connectivity index (χ3v) is 7.62. The summed E-state index contributed by atoms with van der Waals surface area (Å²) in [6.07, 6.45) is 1.50. The number of carbonyl (C=O) groups is 2. The number of nitrogens with zero attached hydrogens (tertiary/aromatic N) is 2. The summed E-state index contributed by atoms with van der Waals surface area (Å²) in [4.78, 5) is 26.6. The number of rotatable bonds is 5. The molecule has 172 valence electrons. The monoisotopic (exact) mass is 482 g/mol. The van der Waals surface area contributed by atoms with E-state index in [1.165, 1.54) is 40.7 Å². The fraction of sp³-hybridized carbons (Fsp3) is 0.333. The molecule has 2 amide bonds. The van der Waals surface area contributed by atoms with Crippen molar-refractivity contribution in [3.63, 3.8) is 0 Å². The van der Waals surface area contributed by atoms with Crippen LogP contribution in [0.2, 0.25) is 5.02 Å². The molecule has 1 aliphatic heterocycles. The normalized spacial score (nSPS) is 15.5. The number of hydrogen-bond donors (Lipinski definition) is 2. The van der Waals surface area contributed by atoms with Gasteiger partial charge in [-0.05, 0) is 75.4 Å². The molecule has 0 bridgehead atoms. The lowest BCUT2D eigenvalue weighted by Gasteiger charge is -2.34. The standard InChI is InChI=1S/C21H24ClFN4O4S/c1-26-11-9-16(10-12-26)27(2)32(30,31)17-6-3-14(4-7-17)20(28)24-25-21(29)18-8-5-15(22)13-19(18)23/h3-8,13,16H,9-12H2,1-2H3,(H,24,28)(H,25,29). The fourth-order valence-corrected chi connectivity index (χ4v) is 5.00. The van der Waals surface area contributed by atoms with Crippen LogP contribution in [0, 0.1) is 5.82 Å². The molecule has 32 heavy (non-hydrogen) atoms. The quantitative estimate of drug-likeness (QED) is 0.637. The molecule has 0 saturated carbocycles. The molecule has 1 aliphatic rings. The van der Waals surface area contributed by atoms with Crippen LogP contribution in [-0.2, 0) is 10.0 Å². The zero-order valence-corrected chi connectivity index (χ0v) is 19.2. The van der Waals surface area contributed by atoms with E-state index in [1.54, 1.807) is 7.05 Å². The average molecular weight is 483 g/mol. The zero-order valence-electron chi connectivity index (χ0n) is 17.6. The molecule has 2 aromatic rings. The third kappa shape index (κ3) is 5.44. The summed E-state index contributed by atoms with van der Waals surface area (Å²) in [7, 11) is -0.138. The lowest BCUT2D eigenvalue weighted by Crippen LogP contribution is -2.44. The molecular weight excluding hydrogens is 459 g/mol. The number of sulfonamides is 1. The molecule has 2 aromatic carbocycles. The summed E-state index contributed by atoms with van der Waals surface area (Å²) >= 11 is 5.65. The number of likely N-dealkylation sites (tertiary alicyclic amines) is 1. The van der Waals surface area contributed by atoms with E-state index in [9.17, 15) is 22.4 Å². The first-order valence-corrected chi connectivity index (χ1v) is 11.7. The van der Waals surface area contributed by atoms with Crippen LogP contribution in [-0.4, -0.2) is 62.7 Å². The second-order valence-electron chi connectivity index (χ2n) is 7.61. The first-order valence-electron chi connectivity index (χ1n) is 9.92. The van der Waals surface area contributed by atoms with Gasteiger partial charge < -0.3 is 4.90 Å².